The van der Waals surface area contributed by atoms with Crippen molar-refractivity contribution < 1.29 is 9.84 Å². The van der Waals surface area contributed by atoms with Gasteiger partial charge in [0.2, 0.25) is 0 Å². The average molecular weight is 252 g/mol. The molecule has 0 aromatic carbocycles. The quantitative estimate of drug-likeness (QED) is 0.896. The predicted octanol–water partition coefficient (Wildman–Crippen LogP) is 2.70. The van der Waals surface area contributed by atoms with Crippen molar-refractivity contribution in [3.63, 3.8) is 0 Å². The van der Waals surface area contributed by atoms with E-state index in [9.17, 15) is 5.11 Å². The molecule has 1 N–H and O–H groups in total. The molecular weight excluding hydrogens is 228 g/mol. The van der Waals surface area contributed by atoms with Gasteiger partial charge in [0.15, 0.2) is 5.75 Å². The second-order valence-corrected chi connectivity index (χ2v) is 5.88. The molecule has 2 rings (SSSR count). The number of aryl methyl sites for hydroxylation is 1. The second kappa shape index (κ2) is 4.57. The zero-order valence-electron chi connectivity index (χ0n) is 11.9. The van der Waals surface area contributed by atoms with Crippen LogP contribution in [0.1, 0.15) is 52.1 Å². The molecule has 0 bridgehead atoms. The molecule has 1 saturated carbocycles. The van der Waals surface area contributed by atoms with Crippen LogP contribution in [0.2, 0.25) is 0 Å². The largest absolute Gasteiger partial charge is 0.493 e. The van der Waals surface area contributed by atoms with Gasteiger partial charge < -0.3 is 9.84 Å². The fourth-order valence-corrected chi connectivity index (χ4v) is 3.09. The molecular formula is C14H24N2O2. The van der Waals surface area contributed by atoms with Crippen molar-refractivity contribution in [3.05, 3.63) is 11.9 Å². The van der Waals surface area contributed by atoms with Gasteiger partial charge in [0.05, 0.1) is 13.3 Å². The van der Waals surface area contributed by atoms with E-state index in [-0.39, 0.29) is 5.41 Å². The highest BCUT2D eigenvalue weighted by Crippen LogP contribution is 2.54. The summed E-state index contributed by atoms with van der Waals surface area (Å²) in [6.07, 6.45) is 5.57. The van der Waals surface area contributed by atoms with Crippen LogP contribution in [0.25, 0.3) is 0 Å². The van der Waals surface area contributed by atoms with Crippen molar-refractivity contribution >= 4 is 0 Å². The molecule has 4 nitrogen and oxygen atoms in total. The van der Waals surface area contributed by atoms with Gasteiger partial charge in [-0.25, -0.2) is 0 Å². The van der Waals surface area contributed by atoms with E-state index in [4.69, 9.17) is 4.74 Å². The normalized spacial score (nSPS) is 26.5. The second-order valence-electron chi connectivity index (χ2n) is 5.88. The first-order chi connectivity index (χ1) is 8.46. The maximum absolute atomic E-state index is 11.2. The van der Waals surface area contributed by atoms with Crippen LogP contribution in [-0.4, -0.2) is 22.0 Å². The Labute approximate surface area is 109 Å². The van der Waals surface area contributed by atoms with E-state index in [1.807, 2.05) is 4.68 Å². The number of ether oxygens (including phenoxy) is 1. The van der Waals surface area contributed by atoms with Gasteiger partial charge in [0, 0.05) is 6.54 Å². The summed E-state index contributed by atoms with van der Waals surface area (Å²) in [5.41, 5.74) is -0.107. The Bertz CT molecular complexity index is 425. The molecule has 0 saturated heterocycles. The first-order valence-electron chi connectivity index (χ1n) is 6.79. The number of hydrogen-bond donors (Lipinski definition) is 1. The van der Waals surface area contributed by atoms with E-state index in [2.05, 4.69) is 25.9 Å². The van der Waals surface area contributed by atoms with E-state index >= 15 is 0 Å². The van der Waals surface area contributed by atoms with Crippen molar-refractivity contribution in [3.8, 4) is 5.75 Å². The lowest BCUT2D eigenvalue weighted by molar-refractivity contribution is -0.0573. The van der Waals surface area contributed by atoms with Gasteiger partial charge in [-0.1, -0.05) is 20.8 Å². The Morgan fingerprint density at radius 1 is 1.44 bits per heavy atom. The molecule has 1 atom stereocenters. The number of aliphatic hydroxyl groups is 1. The van der Waals surface area contributed by atoms with Crippen LogP contribution in [0.5, 0.6) is 5.75 Å². The lowest BCUT2D eigenvalue weighted by Gasteiger charge is -2.37. The summed E-state index contributed by atoms with van der Waals surface area (Å²) in [6.45, 7) is 7.18. The molecule has 1 aliphatic rings. The van der Waals surface area contributed by atoms with E-state index in [1.165, 1.54) is 0 Å². The first-order valence-corrected chi connectivity index (χ1v) is 6.79. The van der Waals surface area contributed by atoms with Gasteiger partial charge in [-0.3, -0.25) is 4.68 Å². The molecule has 1 heterocycles. The van der Waals surface area contributed by atoms with Crippen molar-refractivity contribution in [1.82, 2.24) is 9.78 Å². The zero-order valence-corrected chi connectivity index (χ0v) is 11.9. The van der Waals surface area contributed by atoms with Crippen LogP contribution in [0, 0.1) is 5.41 Å². The van der Waals surface area contributed by atoms with Crippen molar-refractivity contribution in [2.24, 2.45) is 5.41 Å². The molecule has 0 radical (unpaired) electrons. The fraction of sp³-hybridized carbons (Fsp3) is 0.786. The minimum atomic E-state index is -0.829. The van der Waals surface area contributed by atoms with E-state index in [1.54, 1.807) is 13.3 Å². The van der Waals surface area contributed by atoms with Crippen LogP contribution < -0.4 is 4.74 Å². The predicted molar refractivity (Wildman–Crippen MR) is 70.6 cm³/mol. The summed E-state index contributed by atoms with van der Waals surface area (Å²) in [6, 6.07) is 0. The third-order valence-electron chi connectivity index (χ3n) is 4.31. The van der Waals surface area contributed by atoms with Gasteiger partial charge in [-0.05, 0) is 31.1 Å². The molecule has 0 aliphatic heterocycles. The van der Waals surface area contributed by atoms with E-state index in [0.29, 0.717) is 5.75 Å². The Kier molecular flexibility index (Phi) is 3.41. The summed E-state index contributed by atoms with van der Waals surface area (Å²) >= 11 is 0. The Balaban J connectivity index is 2.51. The molecule has 1 aromatic rings. The zero-order chi connectivity index (χ0) is 13.4. The van der Waals surface area contributed by atoms with Gasteiger partial charge in [-0.2, -0.15) is 5.10 Å². The third kappa shape index (κ3) is 1.83. The van der Waals surface area contributed by atoms with E-state index < -0.39 is 5.60 Å². The highest BCUT2D eigenvalue weighted by molar-refractivity contribution is 5.33. The molecule has 1 unspecified atom stereocenters. The summed E-state index contributed by atoms with van der Waals surface area (Å²) in [5, 5.41) is 15.5. The van der Waals surface area contributed by atoms with Crippen molar-refractivity contribution in [2.45, 2.75) is 58.6 Å². The maximum atomic E-state index is 11.2. The van der Waals surface area contributed by atoms with Crippen molar-refractivity contribution in [2.75, 3.05) is 7.11 Å². The van der Waals surface area contributed by atoms with Gasteiger partial charge >= 0.3 is 0 Å². The number of rotatable bonds is 4. The number of aromatic nitrogens is 2. The number of hydrogen-bond acceptors (Lipinski definition) is 3. The lowest BCUT2D eigenvalue weighted by Crippen LogP contribution is -2.39. The Hall–Kier alpha value is -1.03. The van der Waals surface area contributed by atoms with E-state index in [0.717, 1.165) is 37.9 Å². The highest BCUT2D eigenvalue weighted by Gasteiger charge is 2.52. The van der Waals surface area contributed by atoms with Crippen LogP contribution in [0.4, 0.5) is 0 Å². The van der Waals surface area contributed by atoms with Crippen LogP contribution in [0.15, 0.2) is 6.20 Å². The van der Waals surface area contributed by atoms with Gasteiger partial charge in [0.25, 0.3) is 0 Å². The Morgan fingerprint density at radius 3 is 2.67 bits per heavy atom. The summed E-state index contributed by atoms with van der Waals surface area (Å²) in [5.74, 6) is 0.709. The number of nitrogens with zero attached hydrogens (tertiary/aromatic N) is 2. The SMILES string of the molecule is CCCn1ncc(OC)c1C1(O)CCCC1(C)C. The van der Waals surface area contributed by atoms with Crippen LogP contribution >= 0.6 is 0 Å². The minimum Gasteiger partial charge on any atom is -0.493 e. The van der Waals surface area contributed by atoms with Gasteiger partial charge in [0.1, 0.15) is 11.3 Å². The standard InChI is InChI=1S/C14H24N2O2/c1-5-9-16-12(11(18-4)10-15-16)14(17)8-6-7-13(14,2)3/h10,17H,5-9H2,1-4H3. The smallest absolute Gasteiger partial charge is 0.162 e. The molecule has 0 spiro atoms. The maximum Gasteiger partial charge on any atom is 0.162 e. The monoisotopic (exact) mass is 252 g/mol. The molecule has 102 valence electrons. The summed E-state index contributed by atoms with van der Waals surface area (Å²) in [4.78, 5) is 0. The molecule has 4 heteroatoms. The third-order valence-corrected chi connectivity index (χ3v) is 4.31. The van der Waals surface area contributed by atoms with Crippen molar-refractivity contribution in [1.29, 1.82) is 0 Å². The fourth-order valence-electron chi connectivity index (χ4n) is 3.09. The summed E-state index contributed by atoms with van der Waals surface area (Å²) < 4.78 is 7.31. The topological polar surface area (TPSA) is 47.3 Å². The van der Waals surface area contributed by atoms with Crippen LogP contribution in [0.3, 0.4) is 0 Å². The van der Waals surface area contributed by atoms with Gasteiger partial charge in [-0.15, -0.1) is 0 Å². The first kappa shape index (κ1) is 13.4. The van der Waals surface area contributed by atoms with Crippen LogP contribution in [-0.2, 0) is 12.1 Å². The molecule has 1 aromatic heterocycles. The molecule has 1 fully saturated rings. The number of methoxy groups -OCH3 is 1. The molecule has 1 aliphatic carbocycles. The lowest BCUT2D eigenvalue weighted by atomic mass is 9.75. The molecule has 0 amide bonds. The Morgan fingerprint density at radius 2 is 2.17 bits per heavy atom. The minimum absolute atomic E-state index is 0.133. The highest BCUT2D eigenvalue weighted by atomic mass is 16.5. The molecule has 18 heavy (non-hydrogen) atoms. The average Bonchev–Trinajstić information content (AvgIpc) is 2.82. The summed E-state index contributed by atoms with van der Waals surface area (Å²) in [7, 11) is 1.64.